The summed E-state index contributed by atoms with van der Waals surface area (Å²) in [4.78, 5) is 27.5. The van der Waals surface area contributed by atoms with Gasteiger partial charge in [-0.3, -0.25) is 9.88 Å². The Kier molecular flexibility index (Phi) is 6.63. The van der Waals surface area contributed by atoms with Crippen LogP contribution in [0.4, 0.5) is 0 Å². The lowest BCUT2D eigenvalue weighted by Crippen LogP contribution is -2.28. The molecular weight excluding hydrogens is 419 g/mol. The molecule has 0 bridgehead atoms. The number of methoxy groups -OCH3 is 2. The molecule has 2 heterocycles. The van der Waals surface area contributed by atoms with Crippen molar-refractivity contribution >= 4 is 46.4 Å². The van der Waals surface area contributed by atoms with Crippen molar-refractivity contribution in [2.24, 2.45) is 0 Å². The number of halogens is 2. The Labute approximate surface area is 178 Å². The molecule has 29 heavy (non-hydrogen) atoms. The van der Waals surface area contributed by atoms with Gasteiger partial charge >= 0.3 is 5.97 Å². The van der Waals surface area contributed by atoms with Gasteiger partial charge in [-0.2, -0.15) is 0 Å². The Morgan fingerprint density at radius 3 is 2.59 bits per heavy atom. The van der Waals surface area contributed by atoms with E-state index < -0.39 is 5.60 Å². The Balaban J connectivity index is 0.000000188. The van der Waals surface area contributed by atoms with Crippen molar-refractivity contribution in [3.8, 4) is 5.75 Å². The van der Waals surface area contributed by atoms with Crippen LogP contribution in [0.1, 0.15) is 24.0 Å². The van der Waals surface area contributed by atoms with E-state index in [0.29, 0.717) is 34.9 Å². The lowest BCUT2D eigenvalue weighted by molar-refractivity contribution is -0.157. The number of fused-ring (bicyclic) bond motifs is 3. The molecule has 0 amide bonds. The third-order valence-corrected chi connectivity index (χ3v) is 5.83. The van der Waals surface area contributed by atoms with E-state index in [0.717, 1.165) is 24.0 Å². The summed E-state index contributed by atoms with van der Waals surface area (Å²) >= 11 is 12.4. The highest BCUT2D eigenvalue weighted by Gasteiger charge is 2.52. The minimum atomic E-state index is -0.782. The first-order chi connectivity index (χ1) is 13.9. The normalized spacial score (nSPS) is 16.6. The maximum absolute atomic E-state index is 10.9. The number of rotatable bonds is 5. The van der Waals surface area contributed by atoms with E-state index in [1.165, 1.54) is 18.2 Å². The van der Waals surface area contributed by atoms with E-state index in [-0.39, 0.29) is 12.6 Å². The Morgan fingerprint density at radius 2 is 2.00 bits per heavy atom. The number of aromatic nitrogens is 1. The number of hydrogen-bond donors (Lipinski definition) is 0. The molecular formula is C20H22Cl2N2O5. The van der Waals surface area contributed by atoms with E-state index in [4.69, 9.17) is 32.7 Å². The van der Waals surface area contributed by atoms with Crippen LogP contribution in [-0.4, -0.2) is 55.6 Å². The molecule has 7 nitrogen and oxygen atoms in total. The van der Waals surface area contributed by atoms with E-state index >= 15 is 0 Å². The quantitative estimate of drug-likeness (QED) is 0.520. The van der Waals surface area contributed by atoms with Crippen molar-refractivity contribution in [2.75, 3.05) is 27.9 Å². The molecule has 156 valence electrons. The first-order valence-corrected chi connectivity index (χ1v) is 9.79. The molecule has 0 atom stereocenters. The number of ether oxygens (including phenoxy) is 3. The van der Waals surface area contributed by atoms with Crippen molar-refractivity contribution < 1.29 is 23.8 Å². The number of hydrogen-bond acceptors (Lipinski definition) is 7. The predicted molar refractivity (Wildman–Crippen MR) is 109 cm³/mol. The number of nitrogens with zero attached hydrogens (tertiary/aromatic N) is 2. The molecule has 2 aliphatic rings. The van der Waals surface area contributed by atoms with Gasteiger partial charge in [0, 0.05) is 24.7 Å². The van der Waals surface area contributed by atoms with Crippen molar-refractivity contribution in [3.63, 3.8) is 0 Å². The van der Waals surface area contributed by atoms with Gasteiger partial charge in [0.25, 0.3) is 0 Å². The molecule has 0 N–H and O–H groups in total. The highest BCUT2D eigenvalue weighted by atomic mass is 35.5. The SMILES string of the molecule is COC(=O)C1(OCC=O)CC1.COc1cc2c3c(cnc2c(Cl)c1Cl)CN(C)C3. The van der Waals surface area contributed by atoms with Crippen LogP contribution in [0.15, 0.2) is 12.3 Å². The fourth-order valence-corrected chi connectivity index (χ4v) is 3.80. The molecule has 1 aromatic carbocycles. The van der Waals surface area contributed by atoms with E-state index in [1.54, 1.807) is 7.11 Å². The Hall–Kier alpha value is -1.93. The number of carbonyl (C=O) groups is 2. The average Bonchev–Trinajstić information content (AvgIpc) is 3.42. The summed E-state index contributed by atoms with van der Waals surface area (Å²) in [6.07, 6.45) is 3.83. The Morgan fingerprint density at radius 1 is 1.28 bits per heavy atom. The van der Waals surface area contributed by atoms with Crippen LogP contribution in [0.3, 0.4) is 0 Å². The number of pyridine rings is 1. The van der Waals surface area contributed by atoms with Gasteiger partial charge in [0.1, 0.15) is 23.7 Å². The summed E-state index contributed by atoms with van der Waals surface area (Å²) in [6, 6.07) is 1.93. The van der Waals surface area contributed by atoms with Crippen LogP contribution in [-0.2, 0) is 32.2 Å². The molecule has 1 fully saturated rings. The number of benzene rings is 1. The van der Waals surface area contributed by atoms with Gasteiger partial charge in [0.05, 0.1) is 24.8 Å². The summed E-state index contributed by atoms with van der Waals surface area (Å²) in [5, 5.41) is 1.91. The van der Waals surface area contributed by atoms with Crippen molar-refractivity contribution in [3.05, 3.63) is 33.4 Å². The molecule has 4 rings (SSSR count). The van der Waals surface area contributed by atoms with E-state index in [1.807, 2.05) is 12.3 Å². The third kappa shape index (κ3) is 4.33. The maximum Gasteiger partial charge on any atom is 0.338 e. The van der Waals surface area contributed by atoms with Crippen LogP contribution in [0.2, 0.25) is 10.0 Å². The molecule has 0 radical (unpaired) electrons. The lowest BCUT2D eigenvalue weighted by atomic mass is 10.1. The highest BCUT2D eigenvalue weighted by molar-refractivity contribution is 6.46. The lowest BCUT2D eigenvalue weighted by Gasteiger charge is -2.10. The molecule has 0 saturated heterocycles. The van der Waals surface area contributed by atoms with E-state index in [2.05, 4.69) is 21.7 Å². The fourth-order valence-electron chi connectivity index (χ4n) is 3.33. The van der Waals surface area contributed by atoms with Crippen LogP contribution in [0.25, 0.3) is 10.9 Å². The third-order valence-electron chi connectivity index (χ3n) is 4.99. The van der Waals surface area contributed by atoms with Gasteiger partial charge in [-0.25, -0.2) is 4.79 Å². The summed E-state index contributed by atoms with van der Waals surface area (Å²) < 4.78 is 14.8. The van der Waals surface area contributed by atoms with Gasteiger partial charge in [0.2, 0.25) is 0 Å². The highest BCUT2D eigenvalue weighted by Crippen LogP contribution is 2.41. The van der Waals surface area contributed by atoms with Crippen LogP contribution in [0, 0.1) is 0 Å². The van der Waals surface area contributed by atoms with Crippen LogP contribution < -0.4 is 4.74 Å². The number of aldehydes is 1. The summed E-state index contributed by atoms with van der Waals surface area (Å²) in [7, 11) is 4.99. The average molecular weight is 441 g/mol. The second kappa shape index (κ2) is 8.83. The van der Waals surface area contributed by atoms with Gasteiger partial charge < -0.3 is 19.0 Å². The van der Waals surface area contributed by atoms with E-state index in [9.17, 15) is 9.59 Å². The minimum Gasteiger partial charge on any atom is -0.495 e. The van der Waals surface area contributed by atoms with Crippen molar-refractivity contribution in [1.29, 1.82) is 0 Å². The minimum absolute atomic E-state index is 0.0326. The first-order valence-electron chi connectivity index (χ1n) is 9.04. The molecule has 9 heteroatoms. The topological polar surface area (TPSA) is 78.0 Å². The molecule has 1 saturated carbocycles. The molecule has 1 aliphatic heterocycles. The maximum atomic E-state index is 10.9. The molecule has 1 aromatic heterocycles. The standard InChI is InChI=1S/C13H12Cl2N2O.C7H10O4/c1-17-5-7-4-16-13-8(9(7)6-17)3-10(18-2)11(14)12(13)15;1-10-6(9)7(2-3-7)11-5-4-8/h3-4H,5-6H2,1-2H3;4H,2-3,5H2,1H3. The molecule has 0 spiro atoms. The second-order valence-electron chi connectivity index (χ2n) is 7.00. The smallest absolute Gasteiger partial charge is 0.338 e. The Bertz CT molecular complexity index is 946. The van der Waals surface area contributed by atoms with Crippen molar-refractivity contribution in [2.45, 2.75) is 31.5 Å². The van der Waals surface area contributed by atoms with Gasteiger partial charge in [-0.1, -0.05) is 23.2 Å². The second-order valence-corrected chi connectivity index (χ2v) is 7.76. The van der Waals surface area contributed by atoms with Gasteiger partial charge in [0.15, 0.2) is 5.60 Å². The zero-order chi connectivity index (χ0) is 21.2. The molecule has 0 unspecified atom stereocenters. The summed E-state index contributed by atoms with van der Waals surface area (Å²) in [6.45, 7) is 1.78. The summed E-state index contributed by atoms with van der Waals surface area (Å²) in [5.74, 6) is 0.221. The zero-order valence-electron chi connectivity index (χ0n) is 16.5. The largest absolute Gasteiger partial charge is 0.495 e. The molecule has 1 aliphatic carbocycles. The summed E-state index contributed by atoms with van der Waals surface area (Å²) in [5.41, 5.74) is 2.47. The van der Waals surface area contributed by atoms with Gasteiger partial charge in [-0.15, -0.1) is 0 Å². The van der Waals surface area contributed by atoms with Crippen LogP contribution >= 0.6 is 23.2 Å². The zero-order valence-corrected chi connectivity index (χ0v) is 18.0. The number of esters is 1. The first kappa shape index (κ1) is 21.8. The molecule has 2 aromatic rings. The van der Waals surface area contributed by atoms with Crippen molar-refractivity contribution in [1.82, 2.24) is 9.88 Å². The predicted octanol–water partition coefficient (Wildman–Crippen LogP) is 3.40. The number of carbonyl (C=O) groups excluding carboxylic acids is 2. The fraction of sp³-hybridized carbons (Fsp3) is 0.450. The van der Waals surface area contributed by atoms with Gasteiger partial charge in [-0.05, 0) is 37.1 Å². The monoisotopic (exact) mass is 440 g/mol. The van der Waals surface area contributed by atoms with Crippen LogP contribution in [0.5, 0.6) is 5.75 Å².